The van der Waals surface area contributed by atoms with Gasteiger partial charge in [-0.05, 0) is 19.9 Å². The molecule has 2 rings (SSSR count). The van der Waals surface area contributed by atoms with Crippen molar-refractivity contribution >= 4 is 5.82 Å². The molecule has 0 aliphatic rings. The molecule has 0 saturated carbocycles. The summed E-state index contributed by atoms with van der Waals surface area (Å²) in [6.45, 7) is 5.09. The van der Waals surface area contributed by atoms with Gasteiger partial charge in [-0.25, -0.2) is 9.97 Å². The maximum atomic E-state index is 5.42. The molecule has 0 aromatic carbocycles. The first-order chi connectivity index (χ1) is 8.70. The van der Waals surface area contributed by atoms with Crippen molar-refractivity contribution in [3.63, 3.8) is 0 Å². The van der Waals surface area contributed by atoms with Crippen LogP contribution in [0.15, 0.2) is 18.6 Å². The second-order valence-corrected chi connectivity index (χ2v) is 3.92. The molecule has 0 aliphatic carbocycles. The van der Waals surface area contributed by atoms with Crippen molar-refractivity contribution in [2.24, 2.45) is 7.05 Å². The maximum Gasteiger partial charge on any atom is 0.221 e. The summed E-state index contributed by atoms with van der Waals surface area (Å²) in [5.74, 6) is 1.40. The molecule has 0 bridgehead atoms. The average Bonchev–Trinajstić information content (AvgIpc) is 2.77. The van der Waals surface area contributed by atoms with Crippen LogP contribution >= 0.6 is 0 Å². The lowest BCUT2D eigenvalue weighted by molar-refractivity contribution is 0.324. The molecule has 6 heteroatoms. The number of nitrogens with zero attached hydrogens (tertiary/aromatic N) is 4. The minimum Gasteiger partial charge on any atom is -0.478 e. The highest BCUT2D eigenvalue weighted by atomic mass is 16.5. The van der Waals surface area contributed by atoms with Gasteiger partial charge >= 0.3 is 0 Å². The SMILES string of the molecule is CCOc1ncnc(NCc2ccn(C)n2)c1C. The van der Waals surface area contributed by atoms with E-state index in [1.165, 1.54) is 6.33 Å². The monoisotopic (exact) mass is 247 g/mol. The van der Waals surface area contributed by atoms with Crippen LogP contribution in [-0.4, -0.2) is 26.4 Å². The topological polar surface area (TPSA) is 64.9 Å². The molecule has 0 amide bonds. The van der Waals surface area contributed by atoms with Crippen molar-refractivity contribution in [3.8, 4) is 5.88 Å². The first-order valence-corrected chi connectivity index (χ1v) is 5.87. The van der Waals surface area contributed by atoms with Gasteiger partial charge in [0.2, 0.25) is 5.88 Å². The normalized spacial score (nSPS) is 10.4. The van der Waals surface area contributed by atoms with Crippen molar-refractivity contribution in [2.45, 2.75) is 20.4 Å². The standard InChI is InChI=1S/C12H17N5O/c1-4-18-12-9(2)11(14-8-15-12)13-7-10-5-6-17(3)16-10/h5-6,8H,4,7H2,1-3H3,(H,13,14,15). The van der Waals surface area contributed by atoms with E-state index < -0.39 is 0 Å². The minimum absolute atomic E-state index is 0.595. The number of ether oxygens (including phenoxy) is 1. The van der Waals surface area contributed by atoms with Gasteiger partial charge in [0.05, 0.1) is 24.4 Å². The van der Waals surface area contributed by atoms with E-state index in [-0.39, 0.29) is 0 Å². The molecule has 0 aliphatic heterocycles. The molecule has 2 aromatic rings. The number of hydrogen-bond acceptors (Lipinski definition) is 5. The smallest absolute Gasteiger partial charge is 0.221 e. The highest BCUT2D eigenvalue weighted by Crippen LogP contribution is 2.20. The van der Waals surface area contributed by atoms with Crippen molar-refractivity contribution in [1.82, 2.24) is 19.7 Å². The number of anilines is 1. The van der Waals surface area contributed by atoms with E-state index in [0.29, 0.717) is 19.0 Å². The molecular weight excluding hydrogens is 230 g/mol. The van der Waals surface area contributed by atoms with Gasteiger partial charge in [0.15, 0.2) is 0 Å². The van der Waals surface area contributed by atoms with E-state index in [1.807, 2.05) is 33.2 Å². The molecule has 0 fully saturated rings. The number of hydrogen-bond donors (Lipinski definition) is 1. The van der Waals surface area contributed by atoms with Crippen LogP contribution in [0.1, 0.15) is 18.2 Å². The van der Waals surface area contributed by atoms with E-state index in [1.54, 1.807) is 4.68 Å². The van der Waals surface area contributed by atoms with Crippen LogP contribution in [0.5, 0.6) is 5.88 Å². The highest BCUT2D eigenvalue weighted by molar-refractivity contribution is 5.47. The Kier molecular flexibility index (Phi) is 3.76. The first-order valence-electron chi connectivity index (χ1n) is 5.87. The van der Waals surface area contributed by atoms with Crippen LogP contribution < -0.4 is 10.1 Å². The second kappa shape index (κ2) is 5.48. The van der Waals surface area contributed by atoms with E-state index in [0.717, 1.165) is 17.1 Å². The molecule has 6 nitrogen and oxygen atoms in total. The third kappa shape index (κ3) is 2.77. The third-order valence-corrected chi connectivity index (χ3v) is 2.52. The molecule has 0 atom stereocenters. The maximum absolute atomic E-state index is 5.42. The van der Waals surface area contributed by atoms with Crippen molar-refractivity contribution in [1.29, 1.82) is 0 Å². The summed E-state index contributed by atoms with van der Waals surface area (Å²) in [6.07, 6.45) is 3.41. The summed E-state index contributed by atoms with van der Waals surface area (Å²) in [6, 6.07) is 1.97. The van der Waals surface area contributed by atoms with Gasteiger partial charge in [-0.15, -0.1) is 0 Å². The molecule has 0 saturated heterocycles. The fourth-order valence-corrected chi connectivity index (χ4v) is 1.63. The molecule has 0 radical (unpaired) electrons. The first kappa shape index (κ1) is 12.3. The van der Waals surface area contributed by atoms with Gasteiger partial charge in [-0.1, -0.05) is 0 Å². The average molecular weight is 247 g/mol. The summed E-state index contributed by atoms with van der Waals surface area (Å²) >= 11 is 0. The predicted molar refractivity (Wildman–Crippen MR) is 68.5 cm³/mol. The van der Waals surface area contributed by atoms with Gasteiger partial charge in [0.1, 0.15) is 12.1 Å². The Labute approximate surface area is 106 Å². The van der Waals surface area contributed by atoms with Gasteiger partial charge in [-0.3, -0.25) is 4.68 Å². The van der Waals surface area contributed by atoms with Crippen LogP contribution in [0.3, 0.4) is 0 Å². The van der Waals surface area contributed by atoms with Gasteiger partial charge in [-0.2, -0.15) is 5.10 Å². The number of aromatic nitrogens is 4. The molecule has 1 N–H and O–H groups in total. The van der Waals surface area contributed by atoms with E-state index in [9.17, 15) is 0 Å². The molecule has 18 heavy (non-hydrogen) atoms. The van der Waals surface area contributed by atoms with Gasteiger partial charge in [0, 0.05) is 13.2 Å². The van der Waals surface area contributed by atoms with Crippen LogP contribution in [0.25, 0.3) is 0 Å². The van der Waals surface area contributed by atoms with Crippen molar-refractivity contribution < 1.29 is 4.74 Å². The van der Waals surface area contributed by atoms with Gasteiger partial charge < -0.3 is 10.1 Å². The van der Waals surface area contributed by atoms with E-state index >= 15 is 0 Å². The zero-order valence-electron chi connectivity index (χ0n) is 10.8. The Morgan fingerprint density at radius 2 is 2.22 bits per heavy atom. The fraction of sp³-hybridized carbons (Fsp3) is 0.417. The van der Waals surface area contributed by atoms with Crippen LogP contribution in [0, 0.1) is 6.92 Å². The molecule has 2 heterocycles. The second-order valence-electron chi connectivity index (χ2n) is 3.92. The Morgan fingerprint density at radius 3 is 2.89 bits per heavy atom. The summed E-state index contributed by atoms with van der Waals surface area (Å²) in [7, 11) is 1.90. The summed E-state index contributed by atoms with van der Waals surface area (Å²) in [5, 5.41) is 7.53. The van der Waals surface area contributed by atoms with E-state index in [2.05, 4.69) is 20.4 Å². The largest absolute Gasteiger partial charge is 0.478 e. The summed E-state index contributed by atoms with van der Waals surface area (Å²) in [5.41, 5.74) is 1.88. The molecule has 0 unspecified atom stereocenters. The van der Waals surface area contributed by atoms with Crippen LogP contribution in [-0.2, 0) is 13.6 Å². The fourth-order valence-electron chi connectivity index (χ4n) is 1.63. The zero-order chi connectivity index (χ0) is 13.0. The Hall–Kier alpha value is -2.11. The Bertz CT molecular complexity index is 523. The van der Waals surface area contributed by atoms with Crippen molar-refractivity contribution in [2.75, 3.05) is 11.9 Å². The number of nitrogens with one attached hydrogen (secondary N) is 1. The third-order valence-electron chi connectivity index (χ3n) is 2.52. The summed E-state index contributed by atoms with van der Waals surface area (Å²) in [4.78, 5) is 8.30. The molecular formula is C12H17N5O. The number of aryl methyl sites for hydroxylation is 1. The van der Waals surface area contributed by atoms with Crippen molar-refractivity contribution in [3.05, 3.63) is 29.8 Å². The van der Waals surface area contributed by atoms with Crippen LogP contribution in [0.2, 0.25) is 0 Å². The molecule has 2 aromatic heterocycles. The van der Waals surface area contributed by atoms with Crippen LogP contribution in [0.4, 0.5) is 5.82 Å². The minimum atomic E-state index is 0.595. The zero-order valence-corrected chi connectivity index (χ0v) is 10.8. The summed E-state index contributed by atoms with van der Waals surface area (Å²) < 4.78 is 7.20. The molecule has 0 spiro atoms. The van der Waals surface area contributed by atoms with Gasteiger partial charge in [0.25, 0.3) is 0 Å². The number of rotatable bonds is 5. The lowest BCUT2D eigenvalue weighted by Crippen LogP contribution is -2.07. The Balaban J connectivity index is 2.07. The predicted octanol–water partition coefficient (Wildman–Crippen LogP) is 1.53. The highest BCUT2D eigenvalue weighted by Gasteiger charge is 2.07. The lowest BCUT2D eigenvalue weighted by atomic mass is 10.3. The molecule has 96 valence electrons. The lowest BCUT2D eigenvalue weighted by Gasteiger charge is -2.10. The quantitative estimate of drug-likeness (QED) is 0.868. The Morgan fingerprint density at radius 1 is 1.39 bits per heavy atom. The van der Waals surface area contributed by atoms with E-state index in [4.69, 9.17) is 4.74 Å².